The van der Waals surface area contributed by atoms with Crippen molar-refractivity contribution in [3.05, 3.63) is 86.1 Å². The van der Waals surface area contributed by atoms with Gasteiger partial charge in [0.1, 0.15) is 5.75 Å². The molecule has 2 aromatic carbocycles. The van der Waals surface area contributed by atoms with Crippen LogP contribution in [-0.2, 0) is 4.79 Å². The lowest BCUT2D eigenvalue weighted by atomic mass is 9.94. The third-order valence-electron chi connectivity index (χ3n) is 5.58. The van der Waals surface area contributed by atoms with Gasteiger partial charge in [-0.05, 0) is 57.0 Å². The second kappa shape index (κ2) is 8.24. The molecule has 32 heavy (non-hydrogen) atoms. The van der Waals surface area contributed by atoms with Gasteiger partial charge in [0.2, 0.25) is 5.78 Å². The number of thiazole rings is 1. The highest BCUT2D eigenvalue weighted by molar-refractivity contribution is 7.14. The molecule has 0 spiro atoms. The number of ether oxygens (including phenoxy) is 1. The predicted octanol–water partition coefficient (Wildman–Crippen LogP) is 5.17. The number of carbonyl (C=O) groups excluding carboxylic acids is 2. The van der Waals surface area contributed by atoms with Crippen molar-refractivity contribution in [3.8, 4) is 5.75 Å². The highest BCUT2D eigenvalue weighted by Gasteiger charge is 2.45. The molecule has 0 bridgehead atoms. The molecule has 4 rings (SSSR count). The van der Waals surface area contributed by atoms with Crippen LogP contribution >= 0.6 is 11.3 Å². The van der Waals surface area contributed by atoms with Gasteiger partial charge >= 0.3 is 0 Å². The zero-order valence-electron chi connectivity index (χ0n) is 18.6. The van der Waals surface area contributed by atoms with Crippen LogP contribution in [-0.4, -0.2) is 28.9 Å². The fraction of sp³-hybridized carbons (Fsp3) is 0.240. The summed E-state index contributed by atoms with van der Waals surface area (Å²) in [5, 5.41) is 11.7. The lowest BCUT2D eigenvalue weighted by Gasteiger charge is -2.28. The van der Waals surface area contributed by atoms with Crippen LogP contribution < -0.4 is 9.64 Å². The normalized spacial score (nSPS) is 16.1. The van der Waals surface area contributed by atoms with Gasteiger partial charge in [-0.2, -0.15) is 0 Å². The maximum absolute atomic E-state index is 13.6. The lowest BCUT2D eigenvalue weighted by molar-refractivity contribution is -0.117. The van der Waals surface area contributed by atoms with Gasteiger partial charge in [-0.1, -0.05) is 29.8 Å². The first-order valence-corrected chi connectivity index (χ1v) is 11.0. The monoisotopic (exact) mass is 448 g/mol. The largest absolute Gasteiger partial charge is 0.503 e. The molecular formula is C25H24N2O4S. The van der Waals surface area contributed by atoms with Gasteiger partial charge in [-0.3, -0.25) is 14.5 Å². The van der Waals surface area contributed by atoms with Crippen LogP contribution in [0.4, 0.5) is 5.69 Å². The minimum atomic E-state index is -0.798. The lowest BCUT2D eigenvalue weighted by Crippen LogP contribution is -2.31. The average Bonchev–Trinajstić information content (AvgIpc) is 3.23. The second-order valence-corrected chi connectivity index (χ2v) is 9.09. The smallest absolute Gasteiger partial charge is 0.294 e. The van der Waals surface area contributed by atoms with Crippen molar-refractivity contribution in [1.82, 2.24) is 4.98 Å². The summed E-state index contributed by atoms with van der Waals surface area (Å²) in [6.45, 7) is 7.46. The molecule has 1 aliphatic rings. The zero-order chi connectivity index (χ0) is 23.2. The number of methoxy groups -OCH3 is 1. The number of aliphatic hydroxyl groups is 1. The number of Topliss-reactive ketones (excluding diaryl/α,β-unsaturated/α-hetero) is 1. The first-order chi connectivity index (χ1) is 15.2. The number of ketones is 1. The molecule has 2 heterocycles. The number of aryl methyl sites for hydroxylation is 4. The van der Waals surface area contributed by atoms with E-state index in [1.165, 1.54) is 16.2 Å². The molecule has 3 aromatic rings. The number of hydrogen-bond donors (Lipinski definition) is 1. The predicted molar refractivity (Wildman–Crippen MR) is 125 cm³/mol. The Bertz CT molecular complexity index is 1270. The van der Waals surface area contributed by atoms with Crippen molar-refractivity contribution >= 4 is 28.7 Å². The van der Waals surface area contributed by atoms with Crippen LogP contribution in [0, 0.1) is 27.7 Å². The molecule has 0 saturated carbocycles. The van der Waals surface area contributed by atoms with Crippen molar-refractivity contribution in [2.45, 2.75) is 33.7 Å². The molecule has 0 aliphatic carbocycles. The van der Waals surface area contributed by atoms with Gasteiger partial charge in [0.25, 0.3) is 5.91 Å². The van der Waals surface area contributed by atoms with E-state index in [4.69, 9.17) is 4.74 Å². The summed E-state index contributed by atoms with van der Waals surface area (Å²) in [6.07, 6.45) is 0. The van der Waals surface area contributed by atoms with Crippen LogP contribution in [0.25, 0.3) is 0 Å². The summed E-state index contributed by atoms with van der Waals surface area (Å²) in [5.41, 5.74) is 3.87. The highest BCUT2D eigenvalue weighted by atomic mass is 32.1. The van der Waals surface area contributed by atoms with Crippen molar-refractivity contribution in [3.63, 3.8) is 0 Å². The number of anilines is 1. The fourth-order valence-electron chi connectivity index (χ4n) is 4.15. The minimum Gasteiger partial charge on any atom is -0.503 e. The molecule has 7 heteroatoms. The molecule has 1 aliphatic heterocycles. The third kappa shape index (κ3) is 3.58. The van der Waals surface area contributed by atoms with Crippen molar-refractivity contribution in [1.29, 1.82) is 0 Å². The maximum atomic E-state index is 13.6. The molecule has 0 fully saturated rings. The number of hydrogen-bond acceptors (Lipinski definition) is 6. The summed E-state index contributed by atoms with van der Waals surface area (Å²) in [4.78, 5) is 33.2. The van der Waals surface area contributed by atoms with Crippen molar-refractivity contribution in [2.75, 3.05) is 12.0 Å². The molecule has 0 radical (unpaired) electrons. The van der Waals surface area contributed by atoms with E-state index in [0.29, 0.717) is 27.6 Å². The van der Waals surface area contributed by atoms with Crippen LogP contribution in [0.1, 0.15) is 43.1 Å². The minimum absolute atomic E-state index is 0.0509. The van der Waals surface area contributed by atoms with Gasteiger partial charge in [0, 0.05) is 5.69 Å². The molecular weight excluding hydrogens is 424 g/mol. The van der Waals surface area contributed by atoms with E-state index in [9.17, 15) is 14.7 Å². The number of rotatable bonds is 5. The van der Waals surface area contributed by atoms with Crippen LogP contribution in [0.5, 0.6) is 5.75 Å². The SMILES string of the molecule is COc1cccc(C2C(C(=O)c3sc(C)nc3C)=C(O)C(=O)N2c2ccc(C)cc2C)c1. The van der Waals surface area contributed by atoms with E-state index in [-0.39, 0.29) is 11.4 Å². The van der Waals surface area contributed by atoms with Crippen LogP contribution in [0.3, 0.4) is 0 Å². The third-order valence-corrected chi connectivity index (χ3v) is 6.66. The molecule has 164 valence electrons. The quantitative estimate of drug-likeness (QED) is 0.545. The number of nitrogens with zero attached hydrogens (tertiary/aromatic N) is 2. The summed E-state index contributed by atoms with van der Waals surface area (Å²) >= 11 is 1.26. The van der Waals surface area contributed by atoms with E-state index in [0.717, 1.165) is 16.1 Å². The molecule has 1 unspecified atom stereocenters. The van der Waals surface area contributed by atoms with E-state index >= 15 is 0 Å². The number of benzene rings is 2. The van der Waals surface area contributed by atoms with E-state index in [2.05, 4.69) is 4.98 Å². The molecule has 1 aromatic heterocycles. The first kappa shape index (κ1) is 21.8. The summed E-state index contributed by atoms with van der Waals surface area (Å²) in [6, 6.07) is 12.1. The Kier molecular flexibility index (Phi) is 5.60. The summed E-state index contributed by atoms with van der Waals surface area (Å²) < 4.78 is 5.38. The Morgan fingerprint density at radius 1 is 1.12 bits per heavy atom. The number of carbonyl (C=O) groups is 2. The number of aliphatic hydroxyl groups excluding tert-OH is 1. The van der Waals surface area contributed by atoms with E-state index in [1.807, 2.05) is 45.0 Å². The Morgan fingerprint density at radius 2 is 1.88 bits per heavy atom. The molecule has 1 atom stereocenters. The van der Waals surface area contributed by atoms with Crippen LogP contribution in [0.15, 0.2) is 53.8 Å². The Labute approximate surface area is 190 Å². The second-order valence-electron chi connectivity index (χ2n) is 7.88. The topological polar surface area (TPSA) is 79.7 Å². The molecule has 6 nitrogen and oxygen atoms in total. The highest BCUT2D eigenvalue weighted by Crippen LogP contribution is 2.44. The Hall–Kier alpha value is -3.45. The van der Waals surface area contributed by atoms with Gasteiger partial charge in [0.05, 0.1) is 34.3 Å². The van der Waals surface area contributed by atoms with E-state index < -0.39 is 17.7 Å². The summed E-state index contributed by atoms with van der Waals surface area (Å²) in [5.74, 6) is -0.933. The van der Waals surface area contributed by atoms with E-state index in [1.54, 1.807) is 32.2 Å². The van der Waals surface area contributed by atoms with Crippen molar-refractivity contribution in [2.24, 2.45) is 0 Å². The molecule has 1 amide bonds. The summed E-state index contributed by atoms with van der Waals surface area (Å²) in [7, 11) is 1.56. The number of amides is 1. The standard InChI is InChI=1S/C25H24N2O4S/c1-13-9-10-19(14(2)11-13)27-21(17-7-6-8-18(12-17)31-5)20(23(29)25(27)30)22(28)24-15(3)26-16(4)32-24/h6-12,21,29H,1-5H3. The number of aromatic nitrogens is 1. The van der Waals surface area contributed by atoms with Gasteiger partial charge in [-0.25, -0.2) is 4.98 Å². The Balaban J connectivity index is 1.93. The average molecular weight is 449 g/mol. The first-order valence-electron chi connectivity index (χ1n) is 10.2. The fourth-order valence-corrected chi connectivity index (χ4v) is 5.03. The van der Waals surface area contributed by atoms with Gasteiger partial charge < -0.3 is 9.84 Å². The Morgan fingerprint density at radius 3 is 2.50 bits per heavy atom. The maximum Gasteiger partial charge on any atom is 0.294 e. The van der Waals surface area contributed by atoms with Crippen LogP contribution in [0.2, 0.25) is 0 Å². The van der Waals surface area contributed by atoms with Gasteiger partial charge in [0.15, 0.2) is 5.76 Å². The molecule has 0 saturated heterocycles. The molecule has 1 N–H and O–H groups in total. The zero-order valence-corrected chi connectivity index (χ0v) is 19.4. The van der Waals surface area contributed by atoms with Gasteiger partial charge in [-0.15, -0.1) is 11.3 Å². The van der Waals surface area contributed by atoms with Crippen molar-refractivity contribution < 1.29 is 19.4 Å².